The van der Waals surface area contributed by atoms with Crippen LogP contribution < -0.4 is 5.32 Å². The average molecular weight is 447 g/mol. The van der Waals surface area contributed by atoms with Gasteiger partial charge in [-0.2, -0.15) is 0 Å². The molecule has 0 atom stereocenters. The number of para-hydroxylation sites is 2. The van der Waals surface area contributed by atoms with Crippen molar-refractivity contribution in [3.05, 3.63) is 66.0 Å². The fourth-order valence-electron chi connectivity index (χ4n) is 4.68. The number of amides is 2. The number of fused-ring (bicyclic) bond motifs is 1. The van der Waals surface area contributed by atoms with E-state index in [1.54, 1.807) is 0 Å². The van der Waals surface area contributed by atoms with Gasteiger partial charge < -0.3 is 14.8 Å². The molecule has 1 aromatic heterocycles. The molecule has 1 aliphatic carbocycles. The molecule has 0 aliphatic heterocycles. The first kappa shape index (κ1) is 23.0. The zero-order valence-electron chi connectivity index (χ0n) is 19.7. The number of nitrogens with zero attached hydrogens (tertiary/aromatic N) is 3. The molecule has 174 valence electrons. The summed E-state index contributed by atoms with van der Waals surface area (Å²) in [5.74, 6) is 0.960. The fourth-order valence-corrected chi connectivity index (χ4v) is 4.68. The number of rotatable bonds is 8. The first-order chi connectivity index (χ1) is 16.0. The normalized spacial score (nSPS) is 14.5. The molecule has 0 spiro atoms. The standard InChI is InChI=1S/C27H34N4O2/c1-20(2)30(18-21-11-5-3-6-12-21)26(32)19-31-24-16-10-9-15-23(24)29-25(31)17-28-27(33)22-13-7-4-8-14-22/h3,5-6,9-12,15-16,20,22H,4,7-8,13-14,17-19H2,1-2H3,(H,28,33). The third-order valence-corrected chi connectivity index (χ3v) is 6.56. The Bertz CT molecular complexity index is 1080. The highest BCUT2D eigenvalue weighted by Crippen LogP contribution is 2.24. The molecule has 1 heterocycles. The van der Waals surface area contributed by atoms with Gasteiger partial charge in [0.15, 0.2) is 0 Å². The monoisotopic (exact) mass is 446 g/mol. The van der Waals surface area contributed by atoms with Gasteiger partial charge in [-0.05, 0) is 44.4 Å². The van der Waals surface area contributed by atoms with E-state index in [1.807, 2.05) is 77.9 Å². The van der Waals surface area contributed by atoms with Crippen molar-refractivity contribution in [3.63, 3.8) is 0 Å². The third kappa shape index (κ3) is 5.62. The Kier molecular flexibility index (Phi) is 7.43. The van der Waals surface area contributed by atoms with Gasteiger partial charge in [-0.1, -0.05) is 61.7 Å². The van der Waals surface area contributed by atoms with E-state index in [0.717, 1.165) is 48.1 Å². The molecule has 1 fully saturated rings. The zero-order chi connectivity index (χ0) is 23.2. The molecule has 1 saturated carbocycles. The van der Waals surface area contributed by atoms with Crippen LogP contribution >= 0.6 is 0 Å². The Labute approximate surface area is 196 Å². The van der Waals surface area contributed by atoms with Gasteiger partial charge >= 0.3 is 0 Å². The molecule has 4 rings (SSSR count). The van der Waals surface area contributed by atoms with Gasteiger partial charge in [0.25, 0.3) is 0 Å². The highest BCUT2D eigenvalue weighted by Gasteiger charge is 2.23. The van der Waals surface area contributed by atoms with E-state index >= 15 is 0 Å². The second-order valence-corrected chi connectivity index (χ2v) is 9.26. The summed E-state index contributed by atoms with van der Waals surface area (Å²) in [5, 5.41) is 3.09. The van der Waals surface area contributed by atoms with E-state index in [9.17, 15) is 9.59 Å². The van der Waals surface area contributed by atoms with Gasteiger partial charge in [-0.15, -0.1) is 0 Å². The van der Waals surface area contributed by atoms with Crippen LogP contribution in [0.25, 0.3) is 11.0 Å². The molecular formula is C27H34N4O2. The third-order valence-electron chi connectivity index (χ3n) is 6.56. The Hall–Kier alpha value is -3.15. The topological polar surface area (TPSA) is 67.2 Å². The minimum absolute atomic E-state index is 0.0388. The molecule has 33 heavy (non-hydrogen) atoms. The van der Waals surface area contributed by atoms with Crippen molar-refractivity contribution in [1.82, 2.24) is 19.8 Å². The van der Waals surface area contributed by atoms with Crippen LogP contribution in [0.1, 0.15) is 57.3 Å². The lowest BCUT2D eigenvalue weighted by Gasteiger charge is -2.27. The number of hydrogen-bond donors (Lipinski definition) is 1. The van der Waals surface area contributed by atoms with Crippen LogP contribution in [0.5, 0.6) is 0 Å². The molecular weight excluding hydrogens is 412 g/mol. The van der Waals surface area contributed by atoms with Crippen molar-refractivity contribution in [1.29, 1.82) is 0 Å². The van der Waals surface area contributed by atoms with Crippen molar-refractivity contribution in [3.8, 4) is 0 Å². The lowest BCUT2D eigenvalue weighted by molar-refractivity contribution is -0.134. The SMILES string of the molecule is CC(C)N(Cc1ccccc1)C(=O)Cn1c(CNC(=O)C2CCCCC2)nc2ccccc21. The van der Waals surface area contributed by atoms with Crippen LogP contribution in [-0.2, 0) is 29.2 Å². The predicted molar refractivity (Wildman–Crippen MR) is 130 cm³/mol. The molecule has 1 N–H and O–H groups in total. The zero-order valence-corrected chi connectivity index (χ0v) is 19.7. The Morgan fingerprint density at radius 3 is 2.45 bits per heavy atom. The van der Waals surface area contributed by atoms with Crippen molar-refractivity contribution < 1.29 is 9.59 Å². The lowest BCUT2D eigenvalue weighted by atomic mass is 9.89. The minimum Gasteiger partial charge on any atom is -0.349 e. The largest absolute Gasteiger partial charge is 0.349 e. The van der Waals surface area contributed by atoms with Crippen LogP contribution in [0, 0.1) is 5.92 Å². The number of imidazole rings is 1. The summed E-state index contributed by atoms with van der Waals surface area (Å²) in [5.41, 5.74) is 2.86. The maximum absolute atomic E-state index is 13.4. The predicted octanol–water partition coefficient (Wildman–Crippen LogP) is 4.67. The summed E-state index contributed by atoms with van der Waals surface area (Å²) < 4.78 is 1.96. The van der Waals surface area contributed by atoms with Crippen LogP contribution in [0.2, 0.25) is 0 Å². The smallest absolute Gasteiger partial charge is 0.243 e. The number of benzene rings is 2. The van der Waals surface area contributed by atoms with E-state index in [-0.39, 0.29) is 30.3 Å². The molecule has 0 radical (unpaired) electrons. The number of hydrogen-bond acceptors (Lipinski definition) is 3. The summed E-state index contributed by atoms with van der Waals surface area (Å²) in [4.78, 5) is 32.8. The molecule has 0 bridgehead atoms. The summed E-state index contributed by atoms with van der Waals surface area (Å²) in [6.45, 7) is 5.17. The highest BCUT2D eigenvalue weighted by atomic mass is 16.2. The molecule has 0 unspecified atom stereocenters. The summed E-state index contributed by atoms with van der Waals surface area (Å²) >= 11 is 0. The summed E-state index contributed by atoms with van der Waals surface area (Å²) in [6, 6.07) is 18.0. The Morgan fingerprint density at radius 1 is 1.03 bits per heavy atom. The van der Waals surface area contributed by atoms with Gasteiger partial charge in [-0.25, -0.2) is 4.98 Å². The van der Waals surface area contributed by atoms with Crippen LogP contribution in [0.15, 0.2) is 54.6 Å². The first-order valence-corrected chi connectivity index (χ1v) is 12.1. The molecule has 6 heteroatoms. The number of aromatic nitrogens is 2. The quantitative estimate of drug-likeness (QED) is 0.547. The van der Waals surface area contributed by atoms with E-state index in [1.165, 1.54) is 6.42 Å². The van der Waals surface area contributed by atoms with E-state index in [0.29, 0.717) is 13.1 Å². The summed E-state index contributed by atoms with van der Waals surface area (Å²) in [7, 11) is 0. The second-order valence-electron chi connectivity index (χ2n) is 9.26. The maximum atomic E-state index is 13.4. The van der Waals surface area contributed by atoms with Crippen molar-refractivity contribution in [2.45, 2.75) is 71.6 Å². The average Bonchev–Trinajstić information content (AvgIpc) is 3.19. The van der Waals surface area contributed by atoms with Gasteiger partial charge in [-0.3, -0.25) is 9.59 Å². The molecule has 0 saturated heterocycles. The van der Waals surface area contributed by atoms with E-state index in [2.05, 4.69) is 5.32 Å². The summed E-state index contributed by atoms with van der Waals surface area (Å²) in [6.07, 6.45) is 5.39. The number of carbonyl (C=O) groups is 2. The lowest BCUT2D eigenvalue weighted by Crippen LogP contribution is -2.39. The Morgan fingerprint density at radius 2 is 1.73 bits per heavy atom. The van der Waals surface area contributed by atoms with Crippen molar-refractivity contribution in [2.24, 2.45) is 5.92 Å². The minimum atomic E-state index is 0.0388. The van der Waals surface area contributed by atoms with Crippen molar-refractivity contribution >= 4 is 22.8 Å². The fraction of sp³-hybridized carbons (Fsp3) is 0.444. The molecule has 1 aliphatic rings. The van der Waals surface area contributed by atoms with Gasteiger partial charge in [0.05, 0.1) is 17.6 Å². The second kappa shape index (κ2) is 10.6. The molecule has 2 amide bonds. The van der Waals surface area contributed by atoms with E-state index < -0.39 is 0 Å². The van der Waals surface area contributed by atoms with Crippen LogP contribution in [0.4, 0.5) is 0 Å². The number of carbonyl (C=O) groups excluding carboxylic acids is 2. The number of nitrogens with one attached hydrogen (secondary N) is 1. The molecule has 3 aromatic rings. The molecule has 6 nitrogen and oxygen atoms in total. The van der Waals surface area contributed by atoms with Crippen LogP contribution in [0.3, 0.4) is 0 Å². The maximum Gasteiger partial charge on any atom is 0.243 e. The van der Waals surface area contributed by atoms with Gasteiger partial charge in [0.2, 0.25) is 11.8 Å². The first-order valence-electron chi connectivity index (χ1n) is 12.1. The molecule has 2 aromatic carbocycles. The Balaban J connectivity index is 1.53. The van der Waals surface area contributed by atoms with Crippen molar-refractivity contribution in [2.75, 3.05) is 0 Å². The van der Waals surface area contributed by atoms with E-state index in [4.69, 9.17) is 4.98 Å². The van der Waals surface area contributed by atoms with Crippen LogP contribution in [-0.4, -0.2) is 32.3 Å². The van der Waals surface area contributed by atoms with Gasteiger partial charge in [0, 0.05) is 18.5 Å². The highest BCUT2D eigenvalue weighted by molar-refractivity contribution is 5.82. The van der Waals surface area contributed by atoms with Gasteiger partial charge in [0.1, 0.15) is 12.4 Å².